The highest BCUT2D eigenvalue weighted by Gasteiger charge is 2.64. The molecule has 3 heteroatoms. The minimum atomic E-state index is -0.564. The smallest absolute Gasteiger partial charge is 0.310 e. The van der Waals surface area contributed by atoms with Crippen molar-refractivity contribution in [1.29, 1.82) is 0 Å². The summed E-state index contributed by atoms with van der Waals surface area (Å²) in [6, 6.07) is 0. The van der Waals surface area contributed by atoms with Crippen LogP contribution in [0.2, 0.25) is 0 Å². The zero-order valence-electron chi connectivity index (χ0n) is 19.8. The second-order valence-electron chi connectivity index (χ2n) is 11.5. The predicted octanol–water partition coefficient (Wildman–Crippen LogP) is 6.60. The lowest BCUT2D eigenvalue weighted by Gasteiger charge is -2.56. The molecule has 0 aromatic rings. The minimum Gasteiger partial charge on any atom is -0.481 e. The fourth-order valence-electron chi connectivity index (χ4n) is 8.03. The second kappa shape index (κ2) is 8.05. The van der Waals surface area contributed by atoms with E-state index in [1.807, 2.05) is 6.08 Å². The van der Waals surface area contributed by atoms with Crippen LogP contribution < -0.4 is 0 Å². The number of aliphatic carboxylic acids is 1. The molecule has 0 heterocycles. The van der Waals surface area contributed by atoms with Crippen LogP contribution in [-0.2, 0) is 9.59 Å². The molecule has 4 aliphatic carbocycles. The van der Waals surface area contributed by atoms with E-state index in [0.29, 0.717) is 23.7 Å². The van der Waals surface area contributed by atoms with E-state index in [-0.39, 0.29) is 23.0 Å². The maximum absolute atomic E-state index is 12.9. The van der Waals surface area contributed by atoms with Crippen LogP contribution in [0.4, 0.5) is 0 Å². The number of hydrogen-bond acceptors (Lipinski definition) is 2. The lowest BCUT2D eigenvalue weighted by Crippen LogP contribution is -2.54. The Morgan fingerprint density at radius 3 is 2.61 bits per heavy atom. The molecular weight excluding hydrogens is 384 g/mol. The first-order chi connectivity index (χ1) is 14.6. The molecule has 1 N–H and O–H groups in total. The zero-order chi connectivity index (χ0) is 22.6. The van der Waals surface area contributed by atoms with Gasteiger partial charge in [0.05, 0.1) is 5.41 Å². The summed E-state index contributed by atoms with van der Waals surface area (Å²) < 4.78 is 0. The molecule has 7 atom stereocenters. The molecule has 3 nitrogen and oxygen atoms in total. The Morgan fingerprint density at radius 2 is 1.94 bits per heavy atom. The summed E-state index contributed by atoms with van der Waals surface area (Å²) in [6.45, 7) is 13.2. The monoisotopic (exact) mass is 424 g/mol. The first-order valence-electron chi connectivity index (χ1n) is 12.5. The van der Waals surface area contributed by atoms with E-state index in [9.17, 15) is 14.7 Å². The summed E-state index contributed by atoms with van der Waals surface area (Å²) in [6.07, 6.45) is 13.6. The summed E-state index contributed by atoms with van der Waals surface area (Å²) >= 11 is 0. The van der Waals surface area contributed by atoms with Crippen LogP contribution in [0.15, 0.2) is 36.0 Å². The summed E-state index contributed by atoms with van der Waals surface area (Å²) in [7, 11) is 0. The second-order valence-corrected chi connectivity index (χ2v) is 11.5. The van der Waals surface area contributed by atoms with Crippen LogP contribution in [0, 0.1) is 46.3 Å². The number of ketones is 1. The molecule has 4 rings (SSSR count). The normalized spacial score (nSPS) is 40.0. The molecule has 170 valence electrons. The minimum absolute atomic E-state index is 0.0692. The topological polar surface area (TPSA) is 54.4 Å². The number of hydrogen-bond donors (Lipinski definition) is 1. The molecule has 0 radical (unpaired) electrons. The van der Waals surface area contributed by atoms with E-state index in [0.717, 1.165) is 51.4 Å². The first kappa shape index (κ1) is 22.6. The third-order valence-electron chi connectivity index (χ3n) is 9.96. The maximum Gasteiger partial charge on any atom is 0.310 e. The lowest BCUT2D eigenvalue weighted by molar-refractivity contribution is -0.165. The van der Waals surface area contributed by atoms with Crippen molar-refractivity contribution in [3.63, 3.8) is 0 Å². The van der Waals surface area contributed by atoms with Gasteiger partial charge in [0.1, 0.15) is 0 Å². The van der Waals surface area contributed by atoms with Crippen LogP contribution in [0.1, 0.15) is 79.1 Å². The molecular formula is C28H40O3. The molecule has 3 fully saturated rings. The molecule has 3 saturated carbocycles. The number of allylic oxidation sites excluding steroid dienone is 5. The Hall–Kier alpha value is -1.64. The number of carbonyl (C=O) groups excluding carboxylic acids is 1. The largest absolute Gasteiger partial charge is 0.481 e. The summed E-state index contributed by atoms with van der Waals surface area (Å²) in [5.74, 6) is 1.92. The highest BCUT2D eigenvalue weighted by molar-refractivity contribution is 6.01. The summed E-state index contributed by atoms with van der Waals surface area (Å²) in [5, 5.41) is 10.6. The van der Waals surface area contributed by atoms with Gasteiger partial charge in [0.15, 0.2) is 5.78 Å². The van der Waals surface area contributed by atoms with Crippen LogP contribution >= 0.6 is 0 Å². The van der Waals surface area contributed by atoms with Gasteiger partial charge in [-0.15, -0.1) is 0 Å². The van der Waals surface area contributed by atoms with E-state index in [2.05, 4.69) is 40.3 Å². The van der Waals surface area contributed by atoms with Gasteiger partial charge in [0.25, 0.3) is 0 Å². The Labute approximate surface area is 188 Å². The van der Waals surface area contributed by atoms with E-state index in [1.165, 1.54) is 11.1 Å². The van der Waals surface area contributed by atoms with E-state index < -0.39 is 11.4 Å². The van der Waals surface area contributed by atoms with Crippen LogP contribution in [0.25, 0.3) is 0 Å². The number of fused-ring (bicyclic) bond motifs is 5. The Kier molecular flexibility index (Phi) is 5.85. The lowest BCUT2D eigenvalue weighted by atomic mass is 9.47. The van der Waals surface area contributed by atoms with E-state index in [1.54, 1.807) is 6.08 Å². The van der Waals surface area contributed by atoms with Gasteiger partial charge in [0.2, 0.25) is 0 Å². The molecule has 0 aromatic carbocycles. The quantitative estimate of drug-likeness (QED) is 0.488. The Morgan fingerprint density at radius 1 is 1.19 bits per heavy atom. The van der Waals surface area contributed by atoms with Crippen LogP contribution in [0.5, 0.6) is 0 Å². The van der Waals surface area contributed by atoms with Crippen molar-refractivity contribution in [3.05, 3.63) is 36.0 Å². The maximum atomic E-state index is 12.9. The number of carbonyl (C=O) groups is 2. The van der Waals surface area contributed by atoms with Crippen molar-refractivity contribution in [3.8, 4) is 0 Å². The van der Waals surface area contributed by atoms with E-state index >= 15 is 0 Å². The standard InChI is InChI=1S/C28H40O3/c1-17(2)18(3)6-7-19(4)23-10-11-25-22-9-8-20-16-21(29)12-14-27(20,5)24(22)13-15-28(23,25)26(30)31/h12,14,16-17,19,22-25H,3,6-11,13,15H2,1-2,4-5H3,(H,30,31)/t19-,22-,23-,24+,25+,27-,28+/m1/s1. The average molecular weight is 425 g/mol. The van der Waals surface area contributed by atoms with Crippen LogP contribution in [0.3, 0.4) is 0 Å². The van der Waals surface area contributed by atoms with Crippen molar-refractivity contribution in [1.82, 2.24) is 0 Å². The first-order valence-corrected chi connectivity index (χ1v) is 12.5. The van der Waals surface area contributed by atoms with Gasteiger partial charge >= 0.3 is 5.97 Å². The number of carboxylic acids is 1. The molecule has 0 unspecified atom stereocenters. The van der Waals surface area contributed by atoms with Crippen molar-refractivity contribution < 1.29 is 14.7 Å². The molecule has 0 amide bonds. The number of rotatable bonds is 6. The SMILES string of the molecule is C=C(CC[C@@H](C)[C@H]1CC[C@H]2[C@@H]3CCC4=CC(=O)C=C[C@@]4(C)[C@H]3CC[C@]12C(=O)O)C(C)C. The molecule has 0 bridgehead atoms. The Balaban J connectivity index is 1.59. The average Bonchev–Trinajstić information content (AvgIpc) is 3.13. The fourth-order valence-corrected chi connectivity index (χ4v) is 8.03. The predicted molar refractivity (Wildman–Crippen MR) is 124 cm³/mol. The highest BCUT2D eigenvalue weighted by Crippen LogP contribution is 2.67. The van der Waals surface area contributed by atoms with Gasteiger partial charge in [-0.2, -0.15) is 0 Å². The molecule has 31 heavy (non-hydrogen) atoms. The highest BCUT2D eigenvalue weighted by atomic mass is 16.4. The van der Waals surface area contributed by atoms with Gasteiger partial charge in [-0.3, -0.25) is 9.59 Å². The zero-order valence-corrected chi connectivity index (χ0v) is 19.8. The molecule has 0 saturated heterocycles. The molecule has 0 aliphatic heterocycles. The molecule has 0 spiro atoms. The number of carboxylic acid groups (broad SMARTS) is 1. The summed E-state index contributed by atoms with van der Waals surface area (Å²) in [5.41, 5.74) is 1.93. The van der Waals surface area contributed by atoms with Gasteiger partial charge in [0, 0.05) is 5.41 Å². The van der Waals surface area contributed by atoms with Crippen molar-refractivity contribution >= 4 is 11.8 Å². The summed E-state index contributed by atoms with van der Waals surface area (Å²) in [4.78, 5) is 24.9. The third-order valence-corrected chi connectivity index (χ3v) is 9.96. The van der Waals surface area contributed by atoms with Gasteiger partial charge in [-0.05, 0) is 99.0 Å². The van der Waals surface area contributed by atoms with Gasteiger partial charge in [-0.25, -0.2) is 0 Å². The van der Waals surface area contributed by atoms with Crippen molar-refractivity contribution in [2.24, 2.45) is 46.3 Å². The van der Waals surface area contributed by atoms with Crippen LogP contribution in [-0.4, -0.2) is 16.9 Å². The van der Waals surface area contributed by atoms with Gasteiger partial charge in [-0.1, -0.05) is 51.5 Å². The molecule has 0 aromatic heterocycles. The molecule has 4 aliphatic rings. The fraction of sp³-hybridized carbons (Fsp3) is 0.714. The van der Waals surface area contributed by atoms with Gasteiger partial charge < -0.3 is 5.11 Å². The van der Waals surface area contributed by atoms with Crippen molar-refractivity contribution in [2.75, 3.05) is 0 Å². The van der Waals surface area contributed by atoms with E-state index in [4.69, 9.17) is 0 Å². The third kappa shape index (κ3) is 3.47. The Bertz CT molecular complexity index is 833. The van der Waals surface area contributed by atoms with Crippen molar-refractivity contribution in [2.45, 2.75) is 79.1 Å².